The lowest BCUT2D eigenvalue weighted by atomic mass is 10.1. The van der Waals surface area contributed by atoms with Crippen molar-refractivity contribution in [3.8, 4) is 0 Å². The van der Waals surface area contributed by atoms with Crippen LogP contribution in [-0.4, -0.2) is 31.1 Å². The summed E-state index contributed by atoms with van der Waals surface area (Å²) in [7, 11) is 0. The number of ether oxygens (including phenoxy) is 1. The summed E-state index contributed by atoms with van der Waals surface area (Å²) in [5.74, 6) is -0.242. The predicted molar refractivity (Wildman–Crippen MR) is 103 cm³/mol. The van der Waals surface area contributed by atoms with Crippen LogP contribution in [0.25, 0.3) is 0 Å². The molecule has 0 radical (unpaired) electrons. The zero-order valence-electron chi connectivity index (χ0n) is 15.2. The Labute approximate surface area is 154 Å². The predicted octanol–water partition coefficient (Wildman–Crippen LogP) is 3.78. The van der Waals surface area contributed by atoms with Crippen molar-refractivity contribution in [3.63, 3.8) is 0 Å². The van der Waals surface area contributed by atoms with Gasteiger partial charge >= 0.3 is 0 Å². The SMILES string of the molecule is CCN(C(=O)c1cccc(NC(=O)C2CCCO2)c1)c1ccccc1C. The summed E-state index contributed by atoms with van der Waals surface area (Å²) in [5.41, 5.74) is 3.09. The molecule has 5 heteroatoms. The van der Waals surface area contributed by atoms with E-state index in [1.54, 1.807) is 29.2 Å². The van der Waals surface area contributed by atoms with Crippen molar-refractivity contribution < 1.29 is 14.3 Å². The molecular formula is C21H24N2O3. The Morgan fingerprint density at radius 3 is 2.69 bits per heavy atom. The first-order valence-corrected chi connectivity index (χ1v) is 9.00. The summed E-state index contributed by atoms with van der Waals surface area (Å²) >= 11 is 0. The fourth-order valence-electron chi connectivity index (χ4n) is 3.18. The Bertz CT molecular complexity index is 797. The lowest BCUT2D eigenvalue weighted by molar-refractivity contribution is -0.124. The van der Waals surface area contributed by atoms with Gasteiger partial charge in [0, 0.05) is 30.1 Å². The quantitative estimate of drug-likeness (QED) is 0.891. The van der Waals surface area contributed by atoms with Gasteiger partial charge in [-0.2, -0.15) is 0 Å². The number of amides is 2. The smallest absolute Gasteiger partial charge is 0.258 e. The Morgan fingerprint density at radius 2 is 2.00 bits per heavy atom. The molecule has 1 N–H and O–H groups in total. The third kappa shape index (κ3) is 3.94. The van der Waals surface area contributed by atoms with Crippen molar-refractivity contribution in [1.82, 2.24) is 0 Å². The number of carbonyl (C=O) groups excluding carboxylic acids is 2. The van der Waals surface area contributed by atoms with E-state index in [1.165, 1.54) is 0 Å². The van der Waals surface area contributed by atoms with E-state index < -0.39 is 6.10 Å². The summed E-state index contributed by atoms with van der Waals surface area (Å²) in [6.45, 7) is 5.13. The van der Waals surface area contributed by atoms with Crippen molar-refractivity contribution in [2.75, 3.05) is 23.4 Å². The Hall–Kier alpha value is -2.66. The van der Waals surface area contributed by atoms with Crippen LogP contribution in [0.2, 0.25) is 0 Å². The molecule has 3 rings (SSSR count). The van der Waals surface area contributed by atoms with Crippen LogP contribution in [0.15, 0.2) is 48.5 Å². The molecule has 0 spiro atoms. The van der Waals surface area contributed by atoms with Gasteiger partial charge in [0.25, 0.3) is 11.8 Å². The molecule has 2 aromatic carbocycles. The normalized spacial score (nSPS) is 16.3. The maximum absolute atomic E-state index is 13.0. The number of hydrogen-bond acceptors (Lipinski definition) is 3. The zero-order valence-corrected chi connectivity index (χ0v) is 15.2. The van der Waals surface area contributed by atoms with Gasteiger partial charge < -0.3 is 15.0 Å². The Balaban J connectivity index is 1.79. The van der Waals surface area contributed by atoms with Crippen molar-refractivity contribution >= 4 is 23.2 Å². The van der Waals surface area contributed by atoms with E-state index in [0.717, 1.165) is 24.1 Å². The second-order valence-corrected chi connectivity index (χ2v) is 6.41. The van der Waals surface area contributed by atoms with E-state index in [2.05, 4.69) is 5.32 Å². The van der Waals surface area contributed by atoms with Crippen molar-refractivity contribution in [1.29, 1.82) is 0 Å². The van der Waals surface area contributed by atoms with Gasteiger partial charge in [-0.1, -0.05) is 24.3 Å². The van der Waals surface area contributed by atoms with Gasteiger partial charge in [0.15, 0.2) is 0 Å². The summed E-state index contributed by atoms with van der Waals surface area (Å²) in [6.07, 6.45) is 1.24. The van der Waals surface area contributed by atoms with E-state index in [-0.39, 0.29) is 11.8 Å². The molecule has 1 fully saturated rings. The molecule has 1 heterocycles. The van der Waals surface area contributed by atoms with Crippen LogP contribution in [0.1, 0.15) is 35.7 Å². The summed E-state index contributed by atoms with van der Waals surface area (Å²) in [6, 6.07) is 14.9. The van der Waals surface area contributed by atoms with Gasteiger partial charge in [-0.25, -0.2) is 0 Å². The lowest BCUT2D eigenvalue weighted by Crippen LogP contribution is -2.31. The molecule has 1 aliphatic rings. The molecule has 2 amide bonds. The minimum absolute atomic E-state index is 0.0879. The second-order valence-electron chi connectivity index (χ2n) is 6.41. The number of hydrogen-bond donors (Lipinski definition) is 1. The maximum Gasteiger partial charge on any atom is 0.258 e. The van der Waals surface area contributed by atoms with Crippen molar-refractivity contribution in [2.24, 2.45) is 0 Å². The maximum atomic E-state index is 13.0. The third-order valence-corrected chi connectivity index (χ3v) is 4.57. The van der Waals surface area contributed by atoms with Gasteiger partial charge in [0.2, 0.25) is 0 Å². The van der Waals surface area contributed by atoms with E-state index in [9.17, 15) is 9.59 Å². The molecule has 0 aromatic heterocycles. The number of nitrogens with one attached hydrogen (secondary N) is 1. The van der Waals surface area contributed by atoms with E-state index in [0.29, 0.717) is 24.4 Å². The molecule has 0 bridgehead atoms. The number of rotatable bonds is 5. The monoisotopic (exact) mass is 352 g/mol. The van der Waals surface area contributed by atoms with Crippen molar-refractivity contribution in [3.05, 3.63) is 59.7 Å². The van der Waals surface area contributed by atoms with Crippen molar-refractivity contribution in [2.45, 2.75) is 32.8 Å². The van der Waals surface area contributed by atoms with Crippen LogP contribution in [0, 0.1) is 6.92 Å². The zero-order chi connectivity index (χ0) is 18.5. The van der Waals surface area contributed by atoms with Gasteiger partial charge in [0.1, 0.15) is 6.10 Å². The van der Waals surface area contributed by atoms with Crippen LogP contribution in [0.4, 0.5) is 11.4 Å². The minimum Gasteiger partial charge on any atom is -0.368 e. The molecule has 136 valence electrons. The number of anilines is 2. The average Bonchev–Trinajstić information content (AvgIpc) is 3.19. The highest BCUT2D eigenvalue weighted by Crippen LogP contribution is 2.23. The number of carbonyl (C=O) groups is 2. The molecule has 1 aliphatic heterocycles. The van der Waals surface area contributed by atoms with E-state index in [4.69, 9.17) is 4.74 Å². The molecule has 26 heavy (non-hydrogen) atoms. The van der Waals surface area contributed by atoms with Crippen LogP contribution in [-0.2, 0) is 9.53 Å². The van der Waals surface area contributed by atoms with E-state index >= 15 is 0 Å². The number of aryl methyl sites for hydroxylation is 1. The fourth-order valence-corrected chi connectivity index (χ4v) is 3.18. The highest BCUT2D eigenvalue weighted by atomic mass is 16.5. The second kappa shape index (κ2) is 8.15. The summed E-state index contributed by atoms with van der Waals surface area (Å²) in [4.78, 5) is 27.0. The van der Waals surface area contributed by atoms with Crippen LogP contribution < -0.4 is 10.2 Å². The van der Waals surface area contributed by atoms with Crippen LogP contribution >= 0.6 is 0 Å². The lowest BCUT2D eigenvalue weighted by Gasteiger charge is -2.23. The van der Waals surface area contributed by atoms with Crippen LogP contribution in [0.3, 0.4) is 0 Å². The van der Waals surface area contributed by atoms with Gasteiger partial charge in [-0.05, 0) is 56.5 Å². The minimum atomic E-state index is -0.395. The first-order chi connectivity index (χ1) is 12.6. The highest BCUT2D eigenvalue weighted by molar-refractivity contribution is 6.07. The highest BCUT2D eigenvalue weighted by Gasteiger charge is 2.24. The standard InChI is InChI=1S/C21H24N2O3/c1-3-23(18-11-5-4-8-15(18)2)21(25)16-9-6-10-17(14-16)22-20(24)19-12-7-13-26-19/h4-6,8-11,14,19H,3,7,12-13H2,1-2H3,(H,22,24). The summed E-state index contributed by atoms with van der Waals surface area (Å²) in [5, 5.41) is 2.85. The molecule has 2 aromatic rings. The van der Waals surface area contributed by atoms with Gasteiger partial charge in [-0.15, -0.1) is 0 Å². The number of nitrogens with zero attached hydrogens (tertiary/aromatic N) is 1. The average molecular weight is 352 g/mol. The van der Waals surface area contributed by atoms with Gasteiger partial charge in [0.05, 0.1) is 0 Å². The van der Waals surface area contributed by atoms with Gasteiger partial charge in [-0.3, -0.25) is 9.59 Å². The molecular weight excluding hydrogens is 328 g/mol. The first kappa shape index (κ1) is 18.1. The third-order valence-electron chi connectivity index (χ3n) is 4.57. The fraction of sp³-hybridized carbons (Fsp3) is 0.333. The summed E-state index contributed by atoms with van der Waals surface area (Å²) < 4.78 is 5.40. The number of para-hydroxylation sites is 1. The molecule has 1 unspecified atom stereocenters. The topological polar surface area (TPSA) is 58.6 Å². The first-order valence-electron chi connectivity index (χ1n) is 9.00. The Kier molecular flexibility index (Phi) is 5.68. The Morgan fingerprint density at radius 1 is 1.19 bits per heavy atom. The molecule has 0 aliphatic carbocycles. The molecule has 0 saturated carbocycles. The molecule has 1 atom stereocenters. The van der Waals surface area contributed by atoms with E-state index in [1.807, 2.05) is 38.1 Å². The van der Waals surface area contributed by atoms with Crippen LogP contribution in [0.5, 0.6) is 0 Å². The molecule has 5 nitrogen and oxygen atoms in total. The number of benzene rings is 2. The molecule has 1 saturated heterocycles. The largest absolute Gasteiger partial charge is 0.368 e.